The number of hydrogen-bond donors (Lipinski definition) is 1. The highest BCUT2D eigenvalue weighted by atomic mass is 35.5. The molecule has 5 nitrogen and oxygen atoms in total. The largest absolute Gasteiger partial charge is 0.489 e. The molecular formula is C23H26ClN3O2. The van der Waals surface area contributed by atoms with Crippen LogP contribution in [0.1, 0.15) is 5.56 Å². The Morgan fingerprint density at radius 1 is 1.00 bits per heavy atom. The van der Waals surface area contributed by atoms with Crippen molar-refractivity contribution in [1.82, 2.24) is 4.98 Å². The molecule has 1 heterocycles. The van der Waals surface area contributed by atoms with Gasteiger partial charge in [0, 0.05) is 39.1 Å². The Labute approximate surface area is 177 Å². The van der Waals surface area contributed by atoms with Gasteiger partial charge in [-0.1, -0.05) is 41.9 Å². The fraction of sp³-hybridized carbons (Fsp3) is 0.261. The lowest BCUT2D eigenvalue weighted by atomic mass is 10.1. The van der Waals surface area contributed by atoms with E-state index in [1.54, 1.807) is 18.3 Å². The minimum absolute atomic E-state index is 0.145. The Bertz CT molecular complexity index is 888. The third-order valence-electron chi connectivity index (χ3n) is 4.50. The van der Waals surface area contributed by atoms with E-state index in [2.05, 4.69) is 34.1 Å². The molecule has 1 N–H and O–H groups in total. The zero-order chi connectivity index (χ0) is 20.6. The first-order chi connectivity index (χ1) is 14.0. The Hall–Kier alpha value is -2.76. The van der Waals surface area contributed by atoms with Crippen LogP contribution >= 0.6 is 11.6 Å². The molecule has 6 heteroatoms. The molecule has 1 unspecified atom stereocenters. The second-order valence-electron chi connectivity index (χ2n) is 7.02. The fourth-order valence-corrected chi connectivity index (χ4v) is 3.14. The number of hydrogen-bond acceptors (Lipinski definition) is 5. The van der Waals surface area contributed by atoms with E-state index in [0.29, 0.717) is 23.9 Å². The molecule has 3 rings (SSSR count). The maximum Gasteiger partial charge on any atom is 0.138 e. The molecule has 0 aliphatic rings. The average Bonchev–Trinajstić information content (AvgIpc) is 2.74. The van der Waals surface area contributed by atoms with Gasteiger partial charge in [-0.25, -0.2) is 4.98 Å². The van der Waals surface area contributed by atoms with Crippen molar-refractivity contribution >= 4 is 23.1 Å². The van der Waals surface area contributed by atoms with Gasteiger partial charge in [0.25, 0.3) is 0 Å². The average molecular weight is 412 g/mol. The van der Waals surface area contributed by atoms with Crippen LogP contribution in [0.5, 0.6) is 5.75 Å². The van der Waals surface area contributed by atoms with Gasteiger partial charge in [0.2, 0.25) is 0 Å². The van der Waals surface area contributed by atoms with Gasteiger partial charge in [-0.3, -0.25) is 0 Å². The van der Waals surface area contributed by atoms with Crippen molar-refractivity contribution in [2.24, 2.45) is 0 Å². The van der Waals surface area contributed by atoms with Crippen molar-refractivity contribution < 1.29 is 9.84 Å². The third-order valence-corrected chi connectivity index (χ3v) is 4.81. The molecule has 29 heavy (non-hydrogen) atoms. The first-order valence-electron chi connectivity index (χ1n) is 9.50. The van der Waals surface area contributed by atoms with Crippen LogP contribution in [0.25, 0.3) is 0 Å². The van der Waals surface area contributed by atoms with E-state index >= 15 is 0 Å². The SMILES string of the molecule is CN(C)c1ccc(CN(CC(O)COc2ccccc2Cl)c2ccccn2)cc1. The van der Waals surface area contributed by atoms with Gasteiger partial charge in [-0.15, -0.1) is 0 Å². The van der Waals surface area contributed by atoms with Crippen LogP contribution in [0.15, 0.2) is 72.9 Å². The highest BCUT2D eigenvalue weighted by Gasteiger charge is 2.15. The molecule has 0 radical (unpaired) electrons. The number of para-hydroxylation sites is 1. The molecule has 152 valence electrons. The topological polar surface area (TPSA) is 48.8 Å². The smallest absolute Gasteiger partial charge is 0.138 e. The zero-order valence-corrected chi connectivity index (χ0v) is 17.5. The molecule has 1 atom stereocenters. The minimum Gasteiger partial charge on any atom is -0.489 e. The van der Waals surface area contributed by atoms with Crippen LogP contribution in [0.3, 0.4) is 0 Å². The van der Waals surface area contributed by atoms with Crippen LogP contribution in [0.2, 0.25) is 5.02 Å². The van der Waals surface area contributed by atoms with Gasteiger partial charge in [-0.2, -0.15) is 0 Å². The summed E-state index contributed by atoms with van der Waals surface area (Å²) in [5.74, 6) is 1.37. The highest BCUT2D eigenvalue weighted by molar-refractivity contribution is 6.32. The third kappa shape index (κ3) is 6.11. The van der Waals surface area contributed by atoms with Crippen LogP contribution in [0.4, 0.5) is 11.5 Å². The van der Waals surface area contributed by atoms with Crippen LogP contribution < -0.4 is 14.5 Å². The van der Waals surface area contributed by atoms with E-state index in [-0.39, 0.29) is 6.61 Å². The van der Waals surface area contributed by atoms with E-state index in [0.717, 1.165) is 17.1 Å². The van der Waals surface area contributed by atoms with Crippen molar-refractivity contribution in [2.45, 2.75) is 12.6 Å². The van der Waals surface area contributed by atoms with E-state index in [9.17, 15) is 5.11 Å². The number of aliphatic hydroxyl groups is 1. The predicted octanol–water partition coefficient (Wildman–Crippen LogP) is 4.25. The lowest BCUT2D eigenvalue weighted by Gasteiger charge is -2.27. The number of anilines is 2. The van der Waals surface area contributed by atoms with Gasteiger partial charge in [0.05, 0.1) is 5.02 Å². The Morgan fingerprint density at radius 2 is 1.72 bits per heavy atom. The van der Waals surface area contributed by atoms with Crippen molar-refractivity contribution in [3.63, 3.8) is 0 Å². The number of rotatable bonds is 9. The molecule has 0 amide bonds. The van der Waals surface area contributed by atoms with Gasteiger partial charge < -0.3 is 19.6 Å². The molecule has 2 aromatic carbocycles. The van der Waals surface area contributed by atoms with Gasteiger partial charge in [-0.05, 0) is 42.0 Å². The van der Waals surface area contributed by atoms with E-state index in [1.165, 1.54) is 0 Å². The number of ether oxygens (including phenoxy) is 1. The Kier molecular flexibility index (Phi) is 7.33. The van der Waals surface area contributed by atoms with Crippen LogP contribution in [0, 0.1) is 0 Å². The standard InChI is InChI=1S/C23H26ClN3O2/c1-26(2)19-12-10-18(11-13-19)15-27(23-9-5-6-14-25-23)16-20(28)17-29-22-8-4-3-7-21(22)24/h3-14,20,28H,15-17H2,1-2H3. The van der Waals surface area contributed by atoms with Crippen LogP contribution in [-0.2, 0) is 6.54 Å². The second-order valence-corrected chi connectivity index (χ2v) is 7.43. The summed E-state index contributed by atoms with van der Waals surface area (Å²) < 4.78 is 5.69. The molecule has 1 aromatic heterocycles. The highest BCUT2D eigenvalue weighted by Crippen LogP contribution is 2.23. The normalized spacial score (nSPS) is 11.7. The van der Waals surface area contributed by atoms with Gasteiger partial charge >= 0.3 is 0 Å². The summed E-state index contributed by atoms with van der Waals surface area (Å²) in [6.45, 7) is 1.16. The molecule has 0 aliphatic carbocycles. The molecule has 3 aromatic rings. The summed E-state index contributed by atoms with van der Waals surface area (Å²) in [5.41, 5.74) is 2.28. The summed E-state index contributed by atoms with van der Waals surface area (Å²) in [6.07, 6.45) is 1.05. The molecule has 0 saturated heterocycles. The number of halogens is 1. The first-order valence-corrected chi connectivity index (χ1v) is 9.88. The maximum atomic E-state index is 10.6. The zero-order valence-electron chi connectivity index (χ0n) is 16.7. The van der Waals surface area contributed by atoms with E-state index < -0.39 is 6.10 Å². The molecule has 0 fully saturated rings. The fourth-order valence-electron chi connectivity index (χ4n) is 2.95. The summed E-state index contributed by atoms with van der Waals surface area (Å²) in [5, 5.41) is 11.1. The van der Waals surface area contributed by atoms with Crippen molar-refractivity contribution in [2.75, 3.05) is 37.0 Å². The van der Waals surface area contributed by atoms with Gasteiger partial charge in [0.15, 0.2) is 0 Å². The van der Waals surface area contributed by atoms with Crippen molar-refractivity contribution in [3.8, 4) is 5.75 Å². The Balaban J connectivity index is 1.68. The number of benzene rings is 2. The molecular weight excluding hydrogens is 386 g/mol. The Morgan fingerprint density at radius 3 is 2.38 bits per heavy atom. The number of nitrogens with zero attached hydrogens (tertiary/aromatic N) is 3. The van der Waals surface area contributed by atoms with Gasteiger partial charge in [0.1, 0.15) is 24.3 Å². The molecule has 0 aliphatic heterocycles. The maximum absolute atomic E-state index is 10.6. The molecule has 0 spiro atoms. The molecule has 0 bridgehead atoms. The second kappa shape index (κ2) is 10.1. The minimum atomic E-state index is -0.700. The molecule has 0 saturated carbocycles. The lowest BCUT2D eigenvalue weighted by Crippen LogP contribution is -2.35. The summed E-state index contributed by atoms with van der Waals surface area (Å²) in [7, 11) is 4.04. The lowest BCUT2D eigenvalue weighted by molar-refractivity contribution is 0.112. The number of aromatic nitrogens is 1. The van der Waals surface area contributed by atoms with E-state index in [4.69, 9.17) is 16.3 Å². The quantitative estimate of drug-likeness (QED) is 0.570. The summed E-state index contributed by atoms with van der Waals surface area (Å²) in [4.78, 5) is 8.56. The van der Waals surface area contributed by atoms with Crippen molar-refractivity contribution in [1.29, 1.82) is 0 Å². The summed E-state index contributed by atoms with van der Waals surface area (Å²) in [6, 6.07) is 21.4. The van der Waals surface area contributed by atoms with E-state index in [1.807, 2.05) is 49.3 Å². The number of pyridine rings is 1. The van der Waals surface area contributed by atoms with Crippen molar-refractivity contribution in [3.05, 3.63) is 83.5 Å². The summed E-state index contributed by atoms with van der Waals surface area (Å²) >= 11 is 6.12. The number of aliphatic hydroxyl groups excluding tert-OH is 1. The van der Waals surface area contributed by atoms with Crippen LogP contribution in [-0.4, -0.2) is 43.4 Å². The monoisotopic (exact) mass is 411 g/mol. The predicted molar refractivity (Wildman–Crippen MR) is 119 cm³/mol. The first kappa shape index (κ1) is 21.0.